The summed E-state index contributed by atoms with van der Waals surface area (Å²) in [5.74, 6) is 0. The molecular formula is C12H25LiO3S. The van der Waals surface area contributed by atoms with Crippen LogP contribution in [0.2, 0.25) is 0 Å². The molecule has 0 saturated heterocycles. The van der Waals surface area contributed by atoms with Crippen LogP contribution in [0.15, 0.2) is 0 Å². The smallest absolute Gasteiger partial charge is 0.750 e. The molecule has 0 heterocycles. The van der Waals surface area contributed by atoms with E-state index >= 15 is 0 Å². The molecule has 98 valence electrons. The van der Waals surface area contributed by atoms with Crippen molar-refractivity contribution in [2.45, 2.75) is 71.1 Å². The van der Waals surface area contributed by atoms with Crippen molar-refractivity contribution in [2.75, 3.05) is 6.61 Å². The Morgan fingerprint density at radius 1 is 0.882 bits per heavy atom. The first kappa shape index (κ1) is 20.0. The van der Waals surface area contributed by atoms with Gasteiger partial charge in [-0.25, -0.2) is 4.21 Å². The van der Waals surface area contributed by atoms with Crippen LogP contribution in [0.5, 0.6) is 0 Å². The minimum Gasteiger partial charge on any atom is -0.750 e. The molecule has 0 aliphatic carbocycles. The van der Waals surface area contributed by atoms with Gasteiger partial charge in [0.25, 0.3) is 0 Å². The first-order chi connectivity index (χ1) is 7.77. The van der Waals surface area contributed by atoms with E-state index in [4.69, 9.17) is 0 Å². The molecule has 0 radical (unpaired) electrons. The molecule has 0 bridgehead atoms. The Morgan fingerprint density at radius 3 is 1.71 bits per heavy atom. The predicted molar refractivity (Wildman–Crippen MR) is 66.7 cm³/mol. The quantitative estimate of drug-likeness (QED) is 0.294. The van der Waals surface area contributed by atoms with Gasteiger partial charge in [-0.3, -0.25) is 0 Å². The number of hydrogen-bond acceptors (Lipinski definition) is 3. The summed E-state index contributed by atoms with van der Waals surface area (Å²) in [6.07, 6.45) is 12.5. The molecule has 0 amide bonds. The summed E-state index contributed by atoms with van der Waals surface area (Å²) in [5.41, 5.74) is 0. The molecule has 0 saturated carbocycles. The molecule has 1 atom stereocenters. The zero-order chi connectivity index (χ0) is 12.1. The summed E-state index contributed by atoms with van der Waals surface area (Å²) in [7, 11) is 0. The average Bonchev–Trinajstić information content (AvgIpc) is 2.25. The third kappa shape index (κ3) is 19.2. The van der Waals surface area contributed by atoms with Crippen molar-refractivity contribution in [1.82, 2.24) is 0 Å². The molecule has 0 fully saturated rings. The maximum atomic E-state index is 10.0. The van der Waals surface area contributed by atoms with Crippen LogP contribution < -0.4 is 18.9 Å². The fourth-order valence-corrected chi connectivity index (χ4v) is 1.97. The van der Waals surface area contributed by atoms with E-state index in [-0.39, 0.29) is 18.9 Å². The molecule has 0 aromatic carbocycles. The fourth-order valence-electron chi connectivity index (χ4n) is 1.72. The number of unbranched alkanes of at least 4 members (excludes halogenated alkanes) is 9. The van der Waals surface area contributed by atoms with Gasteiger partial charge in [-0.2, -0.15) is 0 Å². The fraction of sp³-hybridized carbons (Fsp3) is 1.00. The molecule has 0 aliphatic heterocycles. The van der Waals surface area contributed by atoms with E-state index in [1.165, 1.54) is 51.4 Å². The van der Waals surface area contributed by atoms with Crippen molar-refractivity contribution in [3.63, 3.8) is 0 Å². The molecule has 0 spiro atoms. The Hall–Kier alpha value is 0.667. The number of rotatable bonds is 12. The van der Waals surface area contributed by atoms with Gasteiger partial charge >= 0.3 is 18.9 Å². The van der Waals surface area contributed by atoms with Gasteiger partial charge in [0.15, 0.2) is 0 Å². The van der Waals surface area contributed by atoms with E-state index in [2.05, 4.69) is 11.1 Å². The van der Waals surface area contributed by atoms with Crippen LogP contribution in [-0.4, -0.2) is 15.4 Å². The summed E-state index contributed by atoms with van der Waals surface area (Å²) in [6, 6.07) is 0. The van der Waals surface area contributed by atoms with Gasteiger partial charge in [-0.15, -0.1) is 0 Å². The first-order valence-corrected chi connectivity index (χ1v) is 7.50. The van der Waals surface area contributed by atoms with Crippen LogP contribution in [0, 0.1) is 0 Å². The molecule has 5 heteroatoms. The normalized spacial score (nSPS) is 12.1. The molecule has 0 N–H and O–H groups in total. The Labute approximate surface area is 121 Å². The van der Waals surface area contributed by atoms with Crippen LogP contribution in [-0.2, 0) is 15.5 Å². The second-order valence-corrected chi connectivity index (χ2v) is 4.85. The molecule has 0 aromatic heterocycles. The van der Waals surface area contributed by atoms with Gasteiger partial charge in [-0.05, 0) is 6.42 Å². The van der Waals surface area contributed by atoms with Crippen LogP contribution >= 0.6 is 0 Å². The molecular weight excluding hydrogens is 231 g/mol. The van der Waals surface area contributed by atoms with E-state index in [1.54, 1.807) is 0 Å². The summed E-state index contributed by atoms with van der Waals surface area (Å²) in [6.45, 7) is 2.57. The van der Waals surface area contributed by atoms with Gasteiger partial charge in [0.05, 0.1) is 18.0 Å². The monoisotopic (exact) mass is 256 g/mol. The summed E-state index contributed by atoms with van der Waals surface area (Å²) < 4.78 is 24.5. The minimum atomic E-state index is -2.33. The van der Waals surface area contributed by atoms with Gasteiger partial charge in [0, 0.05) is 0 Å². The Balaban J connectivity index is 0. The second kappa shape index (κ2) is 16.7. The van der Waals surface area contributed by atoms with Gasteiger partial charge in [-0.1, -0.05) is 64.7 Å². The van der Waals surface area contributed by atoms with Crippen LogP contribution in [0.4, 0.5) is 0 Å². The van der Waals surface area contributed by atoms with Gasteiger partial charge in [0.1, 0.15) is 0 Å². The first-order valence-electron chi connectivity index (χ1n) is 6.50. The summed E-state index contributed by atoms with van der Waals surface area (Å²) in [5, 5.41) is 0. The molecule has 0 aliphatic rings. The van der Waals surface area contributed by atoms with Gasteiger partial charge < -0.3 is 8.74 Å². The van der Waals surface area contributed by atoms with Gasteiger partial charge in [0.2, 0.25) is 0 Å². The Bertz CT molecular complexity index is 168. The molecule has 1 unspecified atom stereocenters. The predicted octanol–water partition coefficient (Wildman–Crippen LogP) is 0.722. The third-order valence-corrected chi connectivity index (χ3v) is 3.04. The Morgan fingerprint density at radius 2 is 1.29 bits per heavy atom. The zero-order valence-electron chi connectivity index (χ0n) is 11.4. The SMILES string of the molecule is CCCCCCCCCCCCOS(=O)[O-].[Li+]. The van der Waals surface area contributed by atoms with Crippen LogP contribution in [0.3, 0.4) is 0 Å². The zero-order valence-corrected chi connectivity index (χ0v) is 12.2. The summed E-state index contributed by atoms with van der Waals surface area (Å²) >= 11 is -2.33. The molecule has 17 heavy (non-hydrogen) atoms. The van der Waals surface area contributed by atoms with Crippen molar-refractivity contribution in [3.05, 3.63) is 0 Å². The standard InChI is InChI=1S/C12H26O3S.Li/c1-2-3-4-5-6-7-8-9-10-11-12-15-16(13)14;/h2-12H2,1H3,(H,13,14);/q;+1/p-1. The van der Waals surface area contributed by atoms with Crippen molar-refractivity contribution >= 4 is 11.4 Å². The van der Waals surface area contributed by atoms with E-state index in [1.807, 2.05) is 0 Å². The van der Waals surface area contributed by atoms with E-state index < -0.39 is 11.4 Å². The maximum absolute atomic E-state index is 10.0. The van der Waals surface area contributed by atoms with Crippen molar-refractivity contribution in [2.24, 2.45) is 0 Å². The van der Waals surface area contributed by atoms with E-state index in [0.717, 1.165) is 12.8 Å². The third-order valence-electron chi connectivity index (χ3n) is 2.68. The van der Waals surface area contributed by atoms with Crippen LogP contribution in [0.25, 0.3) is 0 Å². The Kier molecular flexibility index (Phi) is 19.6. The maximum Gasteiger partial charge on any atom is 1.00 e. The van der Waals surface area contributed by atoms with Crippen molar-refractivity contribution < 1.29 is 31.8 Å². The van der Waals surface area contributed by atoms with E-state index in [0.29, 0.717) is 6.61 Å². The average molecular weight is 256 g/mol. The molecule has 0 rings (SSSR count). The molecule has 3 nitrogen and oxygen atoms in total. The largest absolute Gasteiger partial charge is 1.00 e. The molecule has 0 aromatic rings. The number of hydrogen-bond donors (Lipinski definition) is 0. The second-order valence-electron chi connectivity index (χ2n) is 4.21. The van der Waals surface area contributed by atoms with Crippen LogP contribution in [0.1, 0.15) is 71.1 Å². The van der Waals surface area contributed by atoms with Crippen molar-refractivity contribution in [1.29, 1.82) is 0 Å². The topological polar surface area (TPSA) is 49.4 Å². The van der Waals surface area contributed by atoms with Crippen molar-refractivity contribution in [3.8, 4) is 0 Å². The van der Waals surface area contributed by atoms with E-state index in [9.17, 15) is 8.76 Å². The summed E-state index contributed by atoms with van der Waals surface area (Å²) in [4.78, 5) is 0. The minimum absolute atomic E-state index is 0.